The van der Waals surface area contributed by atoms with Crippen molar-refractivity contribution in [3.05, 3.63) is 340 Å². The van der Waals surface area contributed by atoms with Gasteiger partial charge in [0.25, 0.3) is 0 Å². The fraction of sp³-hybridized carbons (Fsp3) is 0. The Morgan fingerprint density at radius 2 is 0.578 bits per heavy atom. The number of fused-ring (bicyclic) bond motifs is 35. The molecule has 0 saturated heterocycles. The molecule has 17 aromatic carbocycles. The molecule has 0 N–H and O–H groups in total. The highest BCUT2D eigenvalue weighted by Gasteiger charge is 2.30. The molecule has 0 amide bonds. The van der Waals surface area contributed by atoms with E-state index < -0.39 is 0 Å². The van der Waals surface area contributed by atoms with Gasteiger partial charge in [0, 0.05) is 91.6 Å². The molecule has 0 spiro atoms. The average Bonchev–Trinajstić information content (AvgIpc) is 1.53. The van der Waals surface area contributed by atoms with Gasteiger partial charge in [-0.05, 0) is 170 Å². The maximum atomic E-state index is 6.49. The lowest BCUT2D eigenvalue weighted by Gasteiger charge is -2.08. The highest BCUT2D eigenvalue weighted by Crippen LogP contribution is 2.51. The summed E-state index contributed by atoms with van der Waals surface area (Å²) in [5, 5.41) is 24.7. The van der Waals surface area contributed by atoms with Crippen molar-refractivity contribution in [2.24, 2.45) is 0 Å². The summed E-state index contributed by atoms with van der Waals surface area (Å²) in [7, 11) is 0. The molecule has 0 aliphatic rings. The molecule has 534 valence electrons. The lowest BCUT2D eigenvalue weighted by atomic mass is 9.96. The van der Waals surface area contributed by atoms with Gasteiger partial charge < -0.3 is 13.3 Å². The molecular weight excluding hydrogens is 1420 g/mol. The largest absolute Gasteiger partial charge is 0.456 e. The number of aromatic nitrogens is 8. The second-order valence-corrected chi connectivity index (χ2v) is 30.8. The third-order valence-corrected chi connectivity index (χ3v) is 24.6. The molecule has 0 fully saturated rings. The minimum atomic E-state index is 0.877. The lowest BCUT2D eigenvalue weighted by Crippen LogP contribution is -1.89. The maximum Gasteiger partial charge on any atom is 0.165 e. The van der Waals surface area contributed by atoms with Crippen LogP contribution in [0.4, 0.5) is 0 Å². The van der Waals surface area contributed by atoms with Gasteiger partial charge in [0.1, 0.15) is 50.2 Å². The summed E-state index contributed by atoms with van der Waals surface area (Å²) < 4.78 is 26.3. The number of nitrogens with zero attached hydrogens (tertiary/aromatic N) is 8. The van der Waals surface area contributed by atoms with Crippen molar-refractivity contribution in [3.8, 4) is 33.4 Å². The third-order valence-electron chi connectivity index (χ3n) is 24.6. The van der Waals surface area contributed by atoms with E-state index in [4.69, 9.17) is 38.2 Å². The Hall–Kier alpha value is -15.9. The Balaban J connectivity index is 0.0000000933. The molecule has 12 aromatic heterocycles. The first-order valence-corrected chi connectivity index (χ1v) is 39.3. The Morgan fingerprint density at radius 1 is 0.190 bits per heavy atom. The first-order valence-electron chi connectivity index (χ1n) is 39.3. The zero-order valence-electron chi connectivity index (χ0n) is 61.6. The van der Waals surface area contributed by atoms with Crippen LogP contribution in [0.5, 0.6) is 0 Å². The molecule has 29 aromatic rings. The molecule has 12 heterocycles. The Kier molecular flexibility index (Phi) is 12.2. The molecule has 0 radical (unpaired) electrons. The van der Waals surface area contributed by atoms with E-state index in [1.165, 1.54) is 109 Å². The van der Waals surface area contributed by atoms with Crippen molar-refractivity contribution in [3.63, 3.8) is 0 Å². The second-order valence-electron chi connectivity index (χ2n) is 30.8. The highest BCUT2D eigenvalue weighted by molar-refractivity contribution is 6.38. The van der Waals surface area contributed by atoms with Gasteiger partial charge in [-0.15, -0.1) is 0 Å². The zero-order chi connectivity index (χ0) is 75.3. The van der Waals surface area contributed by atoms with E-state index in [1.54, 1.807) is 0 Å². The number of hydrogen-bond acceptors (Lipinski definition) is 8. The second kappa shape index (κ2) is 22.9. The zero-order valence-corrected chi connectivity index (χ0v) is 61.6. The predicted molar refractivity (Wildman–Crippen MR) is 478 cm³/mol. The van der Waals surface area contributed by atoms with Crippen molar-refractivity contribution in [2.45, 2.75) is 0 Å². The Morgan fingerprint density at radius 3 is 1.14 bits per heavy atom. The van der Waals surface area contributed by atoms with Crippen LogP contribution >= 0.6 is 0 Å². The molecule has 0 aliphatic heterocycles. The summed E-state index contributed by atoms with van der Waals surface area (Å²) in [5.74, 6) is 0. The number of rotatable bonds is 3. The first kappa shape index (κ1) is 61.9. The molecule has 0 bridgehead atoms. The predicted octanol–water partition coefficient (Wildman–Crippen LogP) is 28.0. The molecule has 11 nitrogen and oxygen atoms in total. The minimum absolute atomic E-state index is 0.877. The van der Waals surface area contributed by atoms with E-state index in [1.807, 2.05) is 78.9 Å². The van der Waals surface area contributed by atoms with Gasteiger partial charge >= 0.3 is 0 Å². The van der Waals surface area contributed by atoms with Crippen LogP contribution in [0, 0.1) is 0 Å². The van der Waals surface area contributed by atoms with E-state index in [9.17, 15) is 0 Å². The summed E-state index contributed by atoms with van der Waals surface area (Å²) in [4.78, 5) is 25.6. The van der Waals surface area contributed by atoms with Gasteiger partial charge in [-0.3, -0.25) is 13.2 Å². The fourth-order valence-electron chi connectivity index (χ4n) is 19.6. The highest BCUT2D eigenvalue weighted by atomic mass is 16.3. The van der Waals surface area contributed by atoms with Gasteiger partial charge in [0.15, 0.2) is 11.3 Å². The number of hydrogen-bond donors (Lipinski definition) is 0. The molecule has 11 heteroatoms. The molecule has 116 heavy (non-hydrogen) atoms. The van der Waals surface area contributed by atoms with Crippen LogP contribution in [-0.2, 0) is 0 Å². The van der Waals surface area contributed by atoms with Crippen LogP contribution < -0.4 is 0 Å². The van der Waals surface area contributed by atoms with Crippen LogP contribution in [-0.4, -0.2) is 38.1 Å². The van der Waals surface area contributed by atoms with E-state index >= 15 is 0 Å². The van der Waals surface area contributed by atoms with Crippen molar-refractivity contribution < 1.29 is 13.3 Å². The number of pyridine rings is 1. The van der Waals surface area contributed by atoms with Crippen LogP contribution in [0.1, 0.15) is 0 Å². The summed E-state index contributed by atoms with van der Waals surface area (Å²) in [5.41, 5.74) is 28.7. The minimum Gasteiger partial charge on any atom is -0.456 e. The quantitative estimate of drug-likeness (QED) is 0.172. The molecular formula is C105H56N8O3. The first-order chi connectivity index (χ1) is 57.5. The van der Waals surface area contributed by atoms with Crippen LogP contribution in [0.15, 0.2) is 353 Å². The standard InChI is InChI=1S/C37H20N2O.C36H19N3O.C32H17N3O/c1-3-11-24-21(8-1)10-7-13-25(24)22-16-17-31-29(18-22)35-34-26-12-4-6-15-32(26)40-33(34)20-27-28-19-23-9-2-5-14-30(23)38-37(28)39(31)36(27)35;1-2-8-21-17-22(14-13-20(21)7-1)23-15-16-29-25(18-23)33-32-24-9-3-6-12-30(24)40-31(32)19-26-34-36(39(29)35(26)33)38-28-11-5-4-10-27(28)37-34;1-2-8-18(9-3-1)19-14-15-25-21(16-19)29-28-20-10-4-7-13-26(20)36-27(28)17-22-30-32(35(25)31(22)29)34-24-12-6-5-11-23(24)33-30/h1-20H;1-19H;1-17H. The van der Waals surface area contributed by atoms with E-state index in [-0.39, 0.29) is 0 Å². The summed E-state index contributed by atoms with van der Waals surface area (Å²) in [6.45, 7) is 0. The fourth-order valence-corrected chi connectivity index (χ4v) is 19.6. The van der Waals surface area contributed by atoms with Crippen molar-refractivity contribution in [2.75, 3.05) is 0 Å². The Labute approximate surface area is 655 Å². The SMILES string of the molecule is c1ccc(-c2ccc3c(c2)c2c4c(cc5c6nc7ccccc7nc6n3c52)oc2ccccc24)cc1.c1ccc2cc(-c3ccc4c(c3)c3c5c(cc6c7nc8ccccc8nc7n4c63)oc3ccccc35)ccc2c1.c1ccc2nc3c(cc2c1)c1cc2oc4ccccc4c2c2c4cc(-c5cccc6ccccc56)ccc4n3c12. The van der Waals surface area contributed by atoms with Crippen LogP contribution in [0.3, 0.4) is 0 Å². The van der Waals surface area contributed by atoms with Crippen molar-refractivity contribution in [1.29, 1.82) is 0 Å². The van der Waals surface area contributed by atoms with Crippen LogP contribution in [0.2, 0.25) is 0 Å². The van der Waals surface area contributed by atoms with Gasteiger partial charge in [0.05, 0.1) is 60.7 Å². The monoisotopic (exact) mass is 1480 g/mol. The van der Waals surface area contributed by atoms with Gasteiger partial charge in [0.2, 0.25) is 0 Å². The summed E-state index contributed by atoms with van der Waals surface area (Å²) >= 11 is 0. The van der Waals surface area contributed by atoms with Crippen LogP contribution in [0.25, 0.3) is 269 Å². The third kappa shape index (κ3) is 8.50. The van der Waals surface area contributed by atoms with E-state index in [2.05, 4.69) is 274 Å². The van der Waals surface area contributed by atoms with E-state index in [0.29, 0.717) is 0 Å². The number of benzene rings is 17. The summed E-state index contributed by atoms with van der Waals surface area (Å²) in [6.07, 6.45) is 0. The summed E-state index contributed by atoms with van der Waals surface area (Å²) in [6, 6.07) is 120. The normalized spacial score (nSPS) is 12.5. The van der Waals surface area contributed by atoms with Crippen molar-refractivity contribution in [1.82, 2.24) is 38.1 Å². The van der Waals surface area contributed by atoms with Gasteiger partial charge in [-0.2, -0.15) is 0 Å². The number of furan rings is 3. The van der Waals surface area contributed by atoms with E-state index in [0.717, 1.165) is 160 Å². The molecule has 0 saturated carbocycles. The smallest absolute Gasteiger partial charge is 0.165 e. The van der Waals surface area contributed by atoms with Gasteiger partial charge in [-0.25, -0.2) is 24.9 Å². The molecule has 29 rings (SSSR count). The Bertz CT molecular complexity index is 9320. The maximum absolute atomic E-state index is 6.49. The molecule has 0 atom stereocenters. The van der Waals surface area contributed by atoms with Crippen molar-refractivity contribution >= 4 is 235 Å². The lowest BCUT2D eigenvalue weighted by molar-refractivity contribution is 0.669. The van der Waals surface area contributed by atoms with Gasteiger partial charge in [-0.1, -0.05) is 224 Å². The topological polar surface area (TPSA) is 117 Å². The average molecular weight is 1480 g/mol. The molecule has 0 unspecified atom stereocenters. The molecule has 0 aliphatic carbocycles. The number of para-hydroxylation sites is 8.